The monoisotopic (exact) mass is 208 g/mol. The molecule has 5 nitrogen and oxygen atoms in total. The molecule has 82 valence electrons. The maximum absolute atomic E-state index is 11.5. The molecule has 1 unspecified atom stereocenters. The third-order valence-corrected chi connectivity index (χ3v) is 2.08. The fraction of sp³-hybridized carbons (Fsp3) is 0.500. The SMILES string of the molecule is CC(C)C(N)C(=O)NCc1cnccn1. The van der Waals surface area contributed by atoms with Crippen LogP contribution in [0.15, 0.2) is 18.6 Å². The fourth-order valence-electron chi connectivity index (χ4n) is 1.02. The number of carbonyl (C=O) groups excluding carboxylic acids is 1. The predicted octanol–water partition coefficient (Wildman–Crippen LogP) is 0.0761. The van der Waals surface area contributed by atoms with Gasteiger partial charge in [0.1, 0.15) is 0 Å². The number of nitrogens with one attached hydrogen (secondary N) is 1. The molecular formula is C10H16N4O. The van der Waals surface area contributed by atoms with E-state index in [0.29, 0.717) is 6.54 Å². The largest absolute Gasteiger partial charge is 0.349 e. The molecule has 0 fully saturated rings. The molecule has 1 aromatic heterocycles. The number of rotatable bonds is 4. The van der Waals surface area contributed by atoms with Gasteiger partial charge in [0, 0.05) is 12.4 Å². The lowest BCUT2D eigenvalue weighted by Gasteiger charge is -2.14. The molecule has 1 aromatic rings. The summed E-state index contributed by atoms with van der Waals surface area (Å²) in [5, 5.41) is 2.71. The van der Waals surface area contributed by atoms with Crippen molar-refractivity contribution >= 4 is 5.91 Å². The molecule has 1 rings (SSSR count). The standard InChI is InChI=1S/C10H16N4O/c1-7(2)9(11)10(15)14-6-8-5-12-3-4-13-8/h3-5,7,9H,6,11H2,1-2H3,(H,14,15). The maximum atomic E-state index is 11.5. The lowest BCUT2D eigenvalue weighted by Crippen LogP contribution is -2.43. The highest BCUT2D eigenvalue weighted by atomic mass is 16.2. The van der Waals surface area contributed by atoms with Gasteiger partial charge >= 0.3 is 0 Å². The molecule has 0 aliphatic carbocycles. The van der Waals surface area contributed by atoms with Crippen LogP contribution < -0.4 is 11.1 Å². The minimum absolute atomic E-state index is 0.131. The molecule has 0 saturated carbocycles. The van der Waals surface area contributed by atoms with E-state index in [1.54, 1.807) is 18.6 Å². The Labute approximate surface area is 89.1 Å². The lowest BCUT2D eigenvalue weighted by molar-refractivity contribution is -0.123. The van der Waals surface area contributed by atoms with Crippen molar-refractivity contribution < 1.29 is 4.79 Å². The van der Waals surface area contributed by atoms with Crippen LogP contribution in [0.25, 0.3) is 0 Å². The second-order valence-electron chi connectivity index (χ2n) is 3.68. The Balaban J connectivity index is 2.41. The zero-order valence-corrected chi connectivity index (χ0v) is 8.97. The van der Waals surface area contributed by atoms with Gasteiger partial charge in [-0.1, -0.05) is 13.8 Å². The topological polar surface area (TPSA) is 80.9 Å². The van der Waals surface area contributed by atoms with E-state index in [-0.39, 0.29) is 11.8 Å². The van der Waals surface area contributed by atoms with Crippen molar-refractivity contribution in [3.8, 4) is 0 Å². The minimum Gasteiger partial charge on any atom is -0.349 e. The van der Waals surface area contributed by atoms with Crippen LogP contribution in [-0.2, 0) is 11.3 Å². The average Bonchev–Trinajstić information content (AvgIpc) is 2.26. The molecule has 15 heavy (non-hydrogen) atoms. The van der Waals surface area contributed by atoms with Crippen LogP contribution in [-0.4, -0.2) is 21.9 Å². The Morgan fingerprint density at radius 3 is 2.80 bits per heavy atom. The molecule has 0 spiro atoms. The number of aromatic nitrogens is 2. The summed E-state index contributed by atoms with van der Waals surface area (Å²) in [7, 11) is 0. The normalized spacial score (nSPS) is 12.5. The Morgan fingerprint density at radius 2 is 2.27 bits per heavy atom. The van der Waals surface area contributed by atoms with Crippen LogP contribution in [0.4, 0.5) is 0 Å². The molecule has 3 N–H and O–H groups in total. The van der Waals surface area contributed by atoms with E-state index >= 15 is 0 Å². The number of hydrogen-bond donors (Lipinski definition) is 2. The van der Waals surface area contributed by atoms with Gasteiger partial charge in [-0.05, 0) is 5.92 Å². The number of carbonyl (C=O) groups is 1. The molecule has 1 atom stereocenters. The molecule has 0 radical (unpaired) electrons. The highest BCUT2D eigenvalue weighted by Crippen LogP contribution is 1.98. The van der Waals surface area contributed by atoms with Crippen LogP contribution >= 0.6 is 0 Å². The predicted molar refractivity (Wildman–Crippen MR) is 56.7 cm³/mol. The van der Waals surface area contributed by atoms with Gasteiger partial charge in [0.15, 0.2) is 0 Å². The van der Waals surface area contributed by atoms with E-state index in [9.17, 15) is 4.79 Å². The highest BCUT2D eigenvalue weighted by Gasteiger charge is 2.16. The van der Waals surface area contributed by atoms with Gasteiger partial charge in [-0.2, -0.15) is 0 Å². The first-order valence-electron chi connectivity index (χ1n) is 4.89. The van der Waals surface area contributed by atoms with Crippen molar-refractivity contribution in [1.82, 2.24) is 15.3 Å². The van der Waals surface area contributed by atoms with Crippen molar-refractivity contribution in [1.29, 1.82) is 0 Å². The van der Waals surface area contributed by atoms with Crippen molar-refractivity contribution in [2.75, 3.05) is 0 Å². The molecule has 5 heteroatoms. The first-order chi connectivity index (χ1) is 7.11. The lowest BCUT2D eigenvalue weighted by atomic mass is 10.1. The van der Waals surface area contributed by atoms with Crippen LogP contribution in [0.2, 0.25) is 0 Å². The van der Waals surface area contributed by atoms with Gasteiger partial charge < -0.3 is 11.1 Å². The molecule has 0 aromatic carbocycles. The molecule has 0 aliphatic heterocycles. The Bertz CT molecular complexity index is 312. The van der Waals surface area contributed by atoms with Gasteiger partial charge in [0.25, 0.3) is 0 Å². The van der Waals surface area contributed by atoms with Gasteiger partial charge in [0.2, 0.25) is 5.91 Å². The average molecular weight is 208 g/mol. The van der Waals surface area contributed by atoms with Gasteiger partial charge in [-0.15, -0.1) is 0 Å². The van der Waals surface area contributed by atoms with E-state index in [0.717, 1.165) is 5.69 Å². The van der Waals surface area contributed by atoms with E-state index in [1.807, 2.05) is 13.8 Å². The summed E-state index contributed by atoms with van der Waals surface area (Å²) in [5.41, 5.74) is 6.40. The fourth-order valence-corrected chi connectivity index (χ4v) is 1.02. The minimum atomic E-state index is -0.471. The number of nitrogens with two attached hydrogens (primary N) is 1. The zero-order valence-electron chi connectivity index (χ0n) is 8.97. The van der Waals surface area contributed by atoms with E-state index in [4.69, 9.17) is 5.73 Å². The van der Waals surface area contributed by atoms with Crippen LogP contribution in [0, 0.1) is 5.92 Å². The second-order valence-corrected chi connectivity index (χ2v) is 3.68. The molecule has 0 aliphatic rings. The molecule has 1 amide bonds. The van der Waals surface area contributed by atoms with Crippen molar-refractivity contribution in [3.63, 3.8) is 0 Å². The van der Waals surface area contributed by atoms with Gasteiger partial charge in [0.05, 0.1) is 24.5 Å². The first-order valence-corrected chi connectivity index (χ1v) is 4.89. The smallest absolute Gasteiger partial charge is 0.237 e. The maximum Gasteiger partial charge on any atom is 0.237 e. The zero-order chi connectivity index (χ0) is 11.3. The van der Waals surface area contributed by atoms with E-state index in [2.05, 4.69) is 15.3 Å². The third-order valence-electron chi connectivity index (χ3n) is 2.08. The summed E-state index contributed by atoms with van der Waals surface area (Å²) in [6, 6.07) is -0.471. The number of nitrogens with zero attached hydrogens (tertiary/aromatic N) is 2. The second kappa shape index (κ2) is 5.41. The van der Waals surface area contributed by atoms with Crippen LogP contribution in [0.3, 0.4) is 0 Å². The molecule has 0 saturated heterocycles. The Kier molecular flexibility index (Phi) is 4.17. The summed E-state index contributed by atoms with van der Waals surface area (Å²) in [5.74, 6) is -0.0255. The van der Waals surface area contributed by atoms with Gasteiger partial charge in [-0.25, -0.2) is 0 Å². The summed E-state index contributed by atoms with van der Waals surface area (Å²) in [6.07, 6.45) is 4.79. The van der Waals surface area contributed by atoms with E-state index in [1.165, 1.54) is 0 Å². The Hall–Kier alpha value is -1.49. The number of hydrogen-bond acceptors (Lipinski definition) is 4. The summed E-state index contributed by atoms with van der Waals surface area (Å²) < 4.78 is 0. The van der Waals surface area contributed by atoms with Crippen LogP contribution in [0.1, 0.15) is 19.5 Å². The van der Waals surface area contributed by atoms with Gasteiger partial charge in [-0.3, -0.25) is 14.8 Å². The third kappa shape index (κ3) is 3.63. The van der Waals surface area contributed by atoms with E-state index < -0.39 is 6.04 Å². The first kappa shape index (κ1) is 11.6. The molecule has 1 heterocycles. The van der Waals surface area contributed by atoms with Crippen molar-refractivity contribution in [3.05, 3.63) is 24.3 Å². The molecular weight excluding hydrogens is 192 g/mol. The quantitative estimate of drug-likeness (QED) is 0.734. The summed E-state index contributed by atoms with van der Waals surface area (Å²) in [4.78, 5) is 19.4. The van der Waals surface area contributed by atoms with Crippen LogP contribution in [0.5, 0.6) is 0 Å². The Morgan fingerprint density at radius 1 is 1.53 bits per heavy atom. The molecule has 0 bridgehead atoms. The van der Waals surface area contributed by atoms with Crippen molar-refractivity contribution in [2.45, 2.75) is 26.4 Å². The number of amides is 1. The van der Waals surface area contributed by atoms with Crippen molar-refractivity contribution in [2.24, 2.45) is 11.7 Å². The highest BCUT2D eigenvalue weighted by molar-refractivity contribution is 5.81. The summed E-state index contributed by atoms with van der Waals surface area (Å²) in [6.45, 7) is 4.19. The summed E-state index contributed by atoms with van der Waals surface area (Å²) >= 11 is 0.